The number of nitrogens with zero attached hydrogens (tertiary/aromatic N) is 6. The Labute approximate surface area is 182 Å². The fraction of sp³-hybridized carbons (Fsp3) is 0.591. The first kappa shape index (κ1) is 21.3. The van der Waals surface area contributed by atoms with Crippen molar-refractivity contribution in [3.8, 4) is 5.95 Å². The second kappa shape index (κ2) is 8.64. The summed E-state index contributed by atoms with van der Waals surface area (Å²) in [6, 6.07) is 2.21. The van der Waals surface area contributed by atoms with Crippen molar-refractivity contribution in [2.45, 2.75) is 78.8 Å². The number of carbonyl (C=O) groups is 1. The number of rotatable bonds is 6. The average molecular weight is 425 g/mol. The number of aryl methyl sites for hydroxylation is 1. The number of hydrogen-bond acceptors (Lipinski definition) is 6. The maximum Gasteiger partial charge on any atom is 0.233 e. The standard InChI is InChI=1S/C22H32N8O/c1-5-13-29-18-16(25-21(29)30-14-9-12-23-30)17(26-19(31)22(2,3)4)27-20(28-18)24-15-10-7-6-8-11-15/h9,12,14-15H,5-8,10-11,13H2,1-4H3,(H2,24,26,27,28,31). The van der Waals surface area contributed by atoms with Gasteiger partial charge in [-0.2, -0.15) is 15.1 Å². The molecule has 1 fully saturated rings. The molecule has 0 saturated heterocycles. The van der Waals surface area contributed by atoms with Crippen LogP contribution in [0, 0.1) is 5.41 Å². The SMILES string of the molecule is CCCn1c(-n2cccn2)nc2c(NC(=O)C(C)(C)C)nc(NC3CCCCC3)nc21. The van der Waals surface area contributed by atoms with Crippen molar-refractivity contribution < 1.29 is 4.79 Å². The van der Waals surface area contributed by atoms with E-state index in [2.05, 4.69) is 27.6 Å². The number of aromatic nitrogens is 6. The summed E-state index contributed by atoms with van der Waals surface area (Å²) in [6.45, 7) is 8.49. The van der Waals surface area contributed by atoms with Gasteiger partial charge in [0.1, 0.15) is 0 Å². The van der Waals surface area contributed by atoms with Crippen LogP contribution in [0.15, 0.2) is 18.5 Å². The minimum absolute atomic E-state index is 0.109. The monoisotopic (exact) mass is 424 g/mol. The van der Waals surface area contributed by atoms with E-state index in [9.17, 15) is 4.79 Å². The molecule has 9 heteroatoms. The molecule has 9 nitrogen and oxygen atoms in total. The molecule has 166 valence electrons. The fourth-order valence-electron chi connectivity index (χ4n) is 3.86. The van der Waals surface area contributed by atoms with Crippen LogP contribution in [0.2, 0.25) is 0 Å². The Balaban J connectivity index is 1.83. The zero-order chi connectivity index (χ0) is 22.0. The van der Waals surface area contributed by atoms with Crippen LogP contribution in [0.4, 0.5) is 11.8 Å². The van der Waals surface area contributed by atoms with Gasteiger partial charge < -0.3 is 10.6 Å². The van der Waals surface area contributed by atoms with E-state index in [0.29, 0.717) is 34.9 Å². The normalized spacial score (nSPS) is 15.4. The second-order valence-electron chi connectivity index (χ2n) is 9.27. The molecule has 1 saturated carbocycles. The van der Waals surface area contributed by atoms with Gasteiger partial charge >= 0.3 is 0 Å². The van der Waals surface area contributed by atoms with Gasteiger partial charge in [0, 0.05) is 30.4 Å². The van der Waals surface area contributed by atoms with Crippen LogP contribution in [0.1, 0.15) is 66.2 Å². The molecule has 3 aromatic rings. The number of amides is 1. The Morgan fingerprint density at radius 3 is 2.58 bits per heavy atom. The van der Waals surface area contributed by atoms with Gasteiger partial charge in [-0.25, -0.2) is 9.67 Å². The third kappa shape index (κ3) is 4.55. The summed E-state index contributed by atoms with van der Waals surface area (Å²) in [5.41, 5.74) is 0.723. The van der Waals surface area contributed by atoms with Gasteiger partial charge in [-0.1, -0.05) is 47.0 Å². The van der Waals surface area contributed by atoms with Crippen LogP contribution >= 0.6 is 0 Å². The summed E-state index contributed by atoms with van der Waals surface area (Å²) in [5.74, 6) is 1.53. The van der Waals surface area contributed by atoms with Crippen molar-refractivity contribution in [2.24, 2.45) is 5.41 Å². The highest BCUT2D eigenvalue weighted by atomic mass is 16.2. The summed E-state index contributed by atoms with van der Waals surface area (Å²) in [6.07, 6.45) is 10.4. The molecular formula is C22H32N8O. The van der Waals surface area contributed by atoms with Gasteiger partial charge in [-0.05, 0) is 25.3 Å². The van der Waals surface area contributed by atoms with E-state index in [1.54, 1.807) is 10.9 Å². The van der Waals surface area contributed by atoms with Gasteiger partial charge in [0.2, 0.25) is 17.8 Å². The van der Waals surface area contributed by atoms with Crippen LogP contribution < -0.4 is 10.6 Å². The van der Waals surface area contributed by atoms with Crippen LogP contribution in [0.3, 0.4) is 0 Å². The highest BCUT2D eigenvalue weighted by molar-refractivity contribution is 6.00. The van der Waals surface area contributed by atoms with Crippen molar-refractivity contribution in [1.29, 1.82) is 0 Å². The predicted molar refractivity (Wildman–Crippen MR) is 121 cm³/mol. The summed E-state index contributed by atoms with van der Waals surface area (Å²) in [5, 5.41) is 10.8. The summed E-state index contributed by atoms with van der Waals surface area (Å²) in [7, 11) is 0. The molecule has 0 aromatic carbocycles. The topological polar surface area (TPSA) is 103 Å². The zero-order valence-electron chi connectivity index (χ0n) is 18.9. The van der Waals surface area contributed by atoms with Gasteiger partial charge in [0.15, 0.2) is 17.0 Å². The Morgan fingerprint density at radius 2 is 1.94 bits per heavy atom. The van der Waals surface area contributed by atoms with Crippen molar-refractivity contribution >= 4 is 28.8 Å². The number of fused-ring (bicyclic) bond motifs is 1. The lowest BCUT2D eigenvalue weighted by Gasteiger charge is -2.23. The van der Waals surface area contributed by atoms with Gasteiger partial charge in [-0.3, -0.25) is 9.36 Å². The quantitative estimate of drug-likeness (QED) is 0.616. The van der Waals surface area contributed by atoms with E-state index in [1.165, 1.54) is 19.3 Å². The third-order valence-electron chi connectivity index (χ3n) is 5.58. The number of imidazole rings is 1. The summed E-state index contributed by atoms with van der Waals surface area (Å²) < 4.78 is 3.77. The molecule has 3 aromatic heterocycles. The van der Waals surface area contributed by atoms with Crippen LogP contribution in [-0.2, 0) is 11.3 Å². The Hall–Kier alpha value is -2.97. The summed E-state index contributed by atoms with van der Waals surface area (Å²) >= 11 is 0. The predicted octanol–water partition coefficient (Wildman–Crippen LogP) is 4.15. The van der Waals surface area contributed by atoms with Crippen molar-refractivity contribution in [1.82, 2.24) is 29.3 Å². The molecule has 3 heterocycles. The molecule has 0 atom stereocenters. The number of carbonyl (C=O) groups excluding carboxylic acids is 1. The molecule has 4 rings (SSSR count). The Kier molecular flexibility index (Phi) is 5.93. The van der Waals surface area contributed by atoms with Crippen LogP contribution in [-0.4, -0.2) is 41.2 Å². The molecule has 0 bridgehead atoms. The van der Waals surface area contributed by atoms with E-state index in [1.807, 2.05) is 37.6 Å². The lowest BCUT2D eigenvalue weighted by Crippen LogP contribution is -2.29. The van der Waals surface area contributed by atoms with Gasteiger partial charge in [0.25, 0.3) is 0 Å². The minimum atomic E-state index is -0.551. The van der Waals surface area contributed by atoms with Gasteiger partial charge in [-0.15, -0.1) is 0 Å². The number of nitrogens with one attached hydrogen (secondary N) is 2. The fourth-order valence-corrected chi connectivity index (χ4v) is 3.86. The highest BCUT2D eigenvalue weighted by Gasteiger charge is 2.26. The van der Waals surface area contributed by atoms with Crippen molar-refractivity contribution in [2.75, 3.05) is 10.6 Å². The lowest BCUT2D eigenvalue weighted by atomic mass is 9.95. The van der Waals surface area contributed by atoms with E-state index in [-0.39, 0.29) is 5.91 Å². The Bertz CT molecular complexity index is 1040. The molecule has 2 N–H and O–H groups in total. The average Bonchev–Trinajstić information content (AvgIpc) is 3.37. The molecular weight excluding hydrogens is 392 g/mol. The van der Waals surface area contributed by atoms with E-state index >= 15 is 0 Å². The highest BCUT2D eigenvalue weighted by Crippen LogP contribution is 2.28. The molecule has 0 spiro atoms. The largest absolute Gasteiger partial charge is 0.351 e. The third-order valence-corrected chi connectivity index (χ3v) is 5.58. The Morgan fingerprint density at radius 1 is 1.16 bits per heavy atom. The lowest BCUT2D eigenvalue weighted by molar-refractivity contribution is -0.123. The molecule has 1 aliphatic carbocycles. The van der Waals surface area contributed by atoms with E-state index in [0.717, 1.165) is 25.8 Å². The molecule has 0 unspecified atom stereocenters. The maximum atomic E-state index is 12.8. The molecule has 31 heavy (non-hydrogen) atoms. The van der Waals surface area contributed by atoms with Crippen LogP contribution in [0.5, 0.6) is 0 Å². The first-order chi connectivity index (χ1) is 14.9. The maximum absolute atomic E-state index is 12.8. The number of hydrogen-bond donors (Lipinski definition) is 2. The smallest absolute Gasteiger partial charge is 0.233 e. The second-order valence-corrected chi connectivity index (χ2v) is 9.27. The molecule has 0 radical (unpaired) electrons. The van der Waals surface area contributed by atoms with Crippen molar-refractivity contribution in [3.63, 3.8) is 0 Å². The van der Waals surface area contributed by atoms with Crippen molar-refractivity contribution in [3.05, 3.63) is 18.5 Å². The number of anilines is 2. The van der Waals surface area contributed by atoms with E-state index < -0.39 is 5.41 Å². The van der Waals surface area contributed by atoms with Gasteiger partial charge in [0.05, 0.1) is 0 Å². The molecule has 0 aliphatic heterocycles. The summed E-state index contributed by atoms with van der Waals surface area (Å²) in [4.78, 5) is 27.1. The minimum Gasteiger partial charge on any atom is -0.351 e. The molecule has 1 aliphatic rings. The van der Waals surface area contributed by atoms with Crippen LogP contribution in [0.25, 0.3) is 17.1 Å². The zero-order valence-corrected chi connectivity index (χ0v) is 18.9. The first-order valence-corrected chi connectivity index (χ1v) is 11.2. The molecule has 1 amide bonds. The van der Waals surface area contributed by atoms with E-state index in [4.69, 9.17) is 9.97 Å². The first-order valence-electron chi connectivity index (χ1n) is 11.2.